The second-order valence-electron chi connectivity index (χ2n) is 11.1. The second-order valence-corrected chi connectivity index (χ2v) is 11.5. The van der Waals surface area contributed by atoms with Gasteiger partial charge in [-0.3, -0.25) is 0 Å². The highest BCUT2D eigenvalue weighted by Crippen LogP contribution is 2.40. The Kier molecular flexibility index (Phi) is 7.51. The number of nitriles is 1. The van der Waals surface area contributed by atoms with E-state index in [0.29, 0.717) is 19.6 Å². The largest absolute Gasteiger partial charge is 0.465 e. The van der Waals surface area contributed by atoms with Crippen molar-refractivity contribution < 1.29 is 14.6 Å². The van der Waals surface area contributed by atoms with Gasteiger partial charge in [-0.25, -0.2) is 19.4 Å². The number of fused-ring (bicyclic) bond motifs is 2. The molecule has 3 aliphatic rings. The number of rotatable bonds is 4. The third-order valence-electron chi connectivity index (χ3n) is 8.69. The topological polar surface area (TPSA) is 120 Å². The molecule has 1 aromatic carbocycles. The number of ether oxygens (including phenoxy) is 1. The molecule has 10 nitrogen and oxygen atoms in total. The van der Waals surface area contributed by atoms with Gasteiger partial charge in [-0.1, -0.05) is 6.07 Å². The molecule has 1 N–H and O–H groups in total. The van der Waals surface area contributed by atoms with E-state index in [-0.39, 0.29) is 23.9 Å². The molecule has 2 fully saturated rings. The van der Waals surface area contributed by atoms with Crippen molar-refractivity contribution in [3.8, 4) is 6.07 Å². The lowest BCUT2D eigenvalue weighted by Gasteiger charge is -2.40. The Balaban J connectivity index is 1.33. The molecule has 210 valence electrons. The van der Waals surface area contributed by atoms with Crippen LogP contribution in [0.1, 0.15) is 73.1 Å². The molecule has 3 atom stereocenters. The average molecular weight is 564 g/mol. The van der Waals surface area contributed by atoms with Gasteiger partial charge >= 0.3 is 6.09 Å². The van der Waals surface area contributed by atoms with Crippen LogP contribution < -0.4 is 4.90 Å². The maximum absolute atomic E-state index is 11.7. The summed E-state index contributed by atoms with van der Waals surface area (Å²) in [5, 5.41) is 25.1. The van der Waals surface area contributed by atoms with Gasteiger partial charge in [0.25, 0.3) is 0 Å². The number of nitrogens with zero attached hydrogens (tertiary/aromatic N) is 7. The number of carboxylic acid groups (broad SMARTS) is 1. The minimum Gasteiger partial charge on any atom is -0.465 e. The van der Waals surface area contributed by atoms with Crippen LogP contribution in [0.25, 0.3) is 10.9 Å². The van der Waals surface area contributed by atoms with Crippen molar-refractivity contribution in [3.05, 3.63) is 46.0 Å². The minimum atomic E-state index is -0.995. The van der Waals surface area contributed by atoms with Crippen LogP contribution in [0.15, 0.2) is 18.3 Å². The average Bonchev–Trinajstić information content (AvgIpc) is 3.26. The Morgan fingerprint density at radius 3 is 2.88 bits per heavy atom. The van der Waals surface area contributed by atoms with E-state index in [4.69, 9.17) is 26.4 Å². The zero-order valence-corrected chi connectivity index (χ0v) is 23.5. The molecule has 2 unspecified atom stereocenters. The van der Waals surface area contributed by atoms with Gasteiger partial charge in [-0.15, -0.1) is 0 Å². The van der Waals surface area contributed by atoms with Crippen LogP contribution in [0, 0.1) is 18.3 Å². The standard InChI is InChI=1S/C29H34ClN7O3/c1-18-8-9-24-22(16-32-37(24)25-7-2-3-14-40-25)26(18)19-5-4-6-21-23(15-19)33-28(30)34-27(21)35-12-13-36(29(38)39)20(17-35)10-11-31/h8-9,16,19-20,25H,2-7,10,12-15,17H2,1H3,(H,38,39)/t19?,20-,25?/m0/s1. The van der Waals surface area contributed by atoms with Crippen molar-refractivity contribution in [1.82, 2.24) is 24.6 Å². The number of hydrogen-bond donors (Lipinski definition) is 1. The highest BCUT2D eigenvalue weighted by Gasteiger charge is 2.34. The fourth-order valence-electron chi connectivity index (χ4n) is 6.80. The van der Waals surface area contributed by atoms with Crippen molar-refractivity contribution in [2.24, 2.45) is 0 Å². The van der Waals surface area contributed by atoms with Gasteiger partial charge in [0.2, 0.25) is 5.28 Å². The van der Waals surface area contributed by atoms with E-state index in [2.05, 4.69) is 35.0 Å². The number of hydrogen-bond acceptors (Lipinski definition) is 7. The van der Waals surface area contributed by atoms with Gasteiger partial charge in [0.05, 0.1) is 35.9 Å². The lowest BCUT2D eigenvalue weighted by Crippen LogP contribution is -2.55. The first-order valence-corrected chi connectivity index (χ1v) is 14.6. The first kappa shape index (κ1) is 26.8. The van der Waals surface area contributed by atoms with Crippen LogP contribution in [0.2, 0.25) is 5.28 Å². The third kappa shape index (κ3) is 4.97. The van der Waals surface area contributed by atoms with Crippen LogP contribution in [-0.4, -0.2) is 68.1 Å². The highest BCUT2D eigenvalue weighted by atomic mass is 35.5. The molecule has 2 aromatic heterocycles. The number of carbonyl (C=O) groups is 1. The van der Waals surface area contributed by atoms with Gasteiger partial charge in [0.15, 0.2) is 6.23 Å². The molecule has 2 saturated heterocycles. The first-order chi connectivity index (χ1) is 19.4. The van der Waals surface area contributed by atoms with Crippen LogP contribution >= 0.6 is 11.6 Å². The predicted molar refractivity (Wildman–Crippen MR) is 151 cm³/mol. The molecule has 3 aromatic rings. The maximum atomic E-state index is 11.7. The number of aryl methyl sites for hydroxylation is 1. The van der Waals surface area contributed by atoms with E-state index in [1.807, 2.05) is 10.9 Å². The zero-order valence-electron chi connectivity index (χ0n) is 22.7. The third-order valence-corrected chi connectivity index (χ3v) is 8.86. The van der Waals surface area contributed by atoms with Crippen molar-refractivity contribution in [3.63, 3.8) is 0 Å². The summed E-state index contributed by atoms with van der Waals surface area (Å²) in [7, 11) is 0. The summed E-state index contributed by atoms with van der Waals surface area (Å²) in [5.74, 6) is 1.03. The second kappa shape index (κ2) is 11.2. The van der Waals surface area contributed by atoms with Crippen LogP contribution in [0.4, 0.5) is 10.6 Å². The van der Waals surface area contributed by atoms with Gasteiger partial charge in [-0.05, 0) is 86.6 Å². The summed E-state index contributed by atoms with van der Waals surface area (Å²) in [6, 6.07) is 6.08. The molecule has 4 heterocycles. The molecular formula is C29H34ClN7O3. The van der Waals surface area contributed by atoms with Crippen LogP contribution in [0.3, 0.4) is 0 Å². The molecule has 1 amide bonds. The molecule has 0 radical (unpaired) electrons. The van der Waals surface area contributed by atoms with Gasteiger partial charge in [-0.2, -0.15) is 10.4 Å². The highest BCUT2D eigenvalue weighted by molar-refractivity contribution is 6.28. The van der Waals surface area contributed by atoms with Crippen molar-refractivity contribution in [2.75, 3.05) is 31.1 Å². The van der Waals surface area contributed by atoms with E-state index >= 15 is 0 Å². The van der Waals surface area contributed by atoms with E-state index in [9.17, 15) is 15.2 Å². The van der Waals surface area contributed by atoms with Crippen molar-refractivity contribution in [1.29, 1.82) is 5.26 Å². The van der Waals surface area contributed by atoms with Gasteiger partial charge in [0.1, 0.15) is 5.82 Å². The summed E-state index contributed by atoms with van der Waals surface area (Å²) in [5.41, 5.74) is 5.71. The van der Waals surface area contributed by atoms with Crippen molar-refractivity contribution in [2.45, 2.75) is 76.5 Å². The quantitative estimate of drug-likeness (QED) is 0.338. The molecule has 6 rings (SSSR count). The van der Waals surface area contributed by atoms with E-state index in [1.54, 1.807) is 0 Å². The molecule has 1 aliphatic carbocycles. The van der Waals surface area contributed by atoms with Crippen LogP contribution in [-0.2, 0) is 17.6 Å². The predicted octanol–water partition coefficient (Wildman–Crippen LogP) is 5.23. The van der Waals surface area contributed by atoms with Gasteiger partial charge in [0, 0.05) is 37.2 Å². The van der Waals surface area contributed by atoms with Gasteiger partial charge < -0.3 is 19.6 Å². The normalized spacial score (nSPS) is 23.5. The number of piperazine rings is 1. The zero-order chi connectivity index (χ0) is 27.8. The Bertz CT molecular complexity index is 1460. The summed E-state index contributed by atoms with van der Waals surface area (Å²) in [6.45, 7) is 4.17. The Morgan fingerprint density at radius 1 is 1.23 bits per heavy atom. The molecule has 2 aliphatic heterocycles. The number of benzene rings is 1. The fraction of sp³-hybridized carbons (Fsp3) is 0.552. The maximum Gasteiger partial charge on any atom is 0.407 e. The lowest BCUT2D eigenvalue weighted by atomic mass is 9.86. The number of amides is 1. The molecule has 11 heteroatoms. The Morgan fingerprint density at radius 2 is 2.10 bits per heavy atom. The summed E-state index contributed by atoms with van der Waals surface area (Å²) in [6.07, 6.45) is 7.89. The van der Waals surface area contributed by atoms with E-state index in [0.717, 1.165) is 74.1 Å². The Hall–Kier alpha value is -3.42. The summed E-state index contributed by atoms with van der Waals surface area (Å²) in [4.78, 5) is 24.6. The minimum absolute atomic E-state index is 0.0165. The summed E-state index contributed by atoms with van der Waals surface area (Å²) >= 11 is 6.51. The molecule has 0 saturated carbocycles. The number of aromatic nitrogens is 4. The SMILES string of the molecule is Cc1ccc2c(cnn2C2CCCCO2)c1C1CCCc2c(nc(Cl)nc2N2CCN(C(=O)O)[C@@H](CC#N)C2)C1. The Labute approximate surface area is 238 Å². The molecule has 0 spiro atoms. The van der Waals surface area contributed by atoms with Crippen molar-refractivity contribution >= 4 is 34.4 Å². The van der Waals surface area contributed by atoms with Crippen LogP contribution in [0.5, 0.6) is 0 Å². The fourth-order valence-corrected chi connectivity index (χ4v) is 6.98. The van der Waals surface area contributed by atoms with E-state index in [1.165, 1.54) is 21.4 Å². The van der Waals surface area contributed by atoms with E-state index < -0.39 is 12.1 Å². The summed E-state index contributed by atoms with van der Waals surface area (Å²) < 4.78 is 8.10. The first-order valence-electron chi connectivity index (χ1n) is 14.2. The smallest absolute Gasteiger partial charge is 0.407 e. The number of anilines is 1. The number of halogens is 1. The molecule has 40 heavy (non-hydrogen) atoms. The monoisotopic (exact) mass is 563 g/mol. The molecular weight excluding hydrogens is 530 g/mol. The lowest BCUT2D eigenvalue weighted by molar-refractivity contribution is -0.0366. The molecule has 0 bridgehead atoms.